The third-order valence-corrected chi connectivity index (χ3v) is 5.20. The quantitative estimate of drug-likeness (QED) is 0.763. The predicted octanol–water partition coefficient (Wildman–Crippen LogP) is 1.72. The van der Waals surface area contributed by atoms with Crippen LogP contribution < -0.4 is 4.74 Å². The number of aldehydes is 1. The molecule has 0 heterocycles. The van der Waals surface area contributed by atoms with Gasteiger partial charge in [0.25, 0.3) is 0 Å². The summed E-state index contributed by atoms with van der Waals surface area (Å²) in [4.78, 5) is 11.4. The van der Waals surface area contributed by atoms with Crippen molar-refractivity contribution in [2.24, 2.45) is 0 Å². The van der Waals surface area contributed by atoms with E-state index in [-0.39, 0.29) is 10.6 Å². The van der Waals surface area contributed by atoms with Crippen LogP contribution in [0.3, 0.4) is 0 Å². The van der Waals surface area contributed by atoms with Crippen molar-refractivity contribution < 1.29 is 17.9 Å². The van der Waals surface area contributed by atoms with Gasteiger partial charge >= 0.3 is 0 Å². The lowest BCUT2D eigenvalue weighted by molar-refractivity contribution is -0.109. The zero-order valence-electron chi connectivity index (χ0n) is 10.5. The van der Waals surface area contributed by atoms with E-state index in [1.165, 1.54) is 13.2 Å². The number of para-hydroxylation sites is 1. The highest BCUT2D eigenvalue weighted by Crippen LogP contribution is 2.50. The van der Waals surface area contributed by atoms with Gasteiger partial charge in [0.05, 0.1) is 18.3 Å². The molecule has 5 heteroatoms. The van der Waals surface area contributed by atoms with Crippen molar-refractivity contribution in [2.45, 2.75) is 30.1 Å². The minimum absolute atomic E-state index is 0.0148. The smallest absolute Gasteiger partial charge is 0.181 e. The molecular weight excluding hydrogens is 252 g/mol. The number of carbonyl (C=O) groups is 1. The largest absolute Gasteiger partial charge is 0.495 e. The summed E-state index contributed by atoms with van der Waals surface area (Å²) in [5.41, 5.74) is 0.152. The summed E-state index contributed by atoms with van der Waals surface area (Å²) in [5.74, 6) is 0.338. The van der Waals surface area contributed by atoms with Gasteiger partial charge < -0.3 is 9.53 Å². The van der Waals surface area contributed by atoms with Gasteiger partial charge in [0.15, 0.2) is 9.84 Å². The summed E-state index contributed by atoms with van der Waals surface area (Å²) in [5, 5.41) is 0. The summed E-state index contributed by atoms with van der Waals surface area (Å²) in [6.07, 6.45) is 2.40. The lowest BCUT2D eigenvalue weighted by Crippen LogP contribution is -2.13. The number of hydrogen-bond donors (Lipinski definition) is 0. The van der Waals surface area contributed by atoms with Crippen molar-refractivity contribution in [1.82, 2.24) is 0 Å². The van der Waals surface area contributed by atoms with Crippen LogP contribution in [0.2, 0.25) is 0 Å². The van der Waals surface area contributed by atoms with Gasteiger partial charge in [-0.3, -0.25) is 0 Å². The van der Waals surface area contributed by atoms with Crippen LogP contribution in [0, 0.1) is 0 Å². The molecule has 1 aliphatic carbocycles. The molecule has 2 rings (SSSR count). The summed E-state index contributed by atoms with van der Waals surface area (Å²) in [6, 6.07) is 4.97. The van der Waals surface area contributed by atoms with Crippen LogP contribution in [0.5, 0.6) is 5.75 Å². The van der Waals surface area contributed by atoms with Crippen LogP contribution in [-0.2, 0) is 20.0 Å². The molecule has 18 heavy (non-hydrogen) atoms. The van der Waals surface area contributed by atoms with Crippen molar-refractivity contribution in [2.75, 3.05) is 12.9 Å². The lowest BCUT2D eigenvalue weighted by atomic mass is 9.97. The van der Waals surface area contributed by atoms with Crippen LogP contribution in [0.25, 0.3) is 0 Å². The molecule has 0 radical (unpaired) electrons. The van der Waals surface area contributed by atoms with Gasteiger partial charge in [-0.2, -0.15) is 0 Å². The number of ether oxygens (including phenoxy) is 1. The third-order valence-electron chi connectivity index (χ3n) is 3.45. The van der Waals surface area contributed by atoms with Gasteiger partial charge in [-0.1, -0.05) is 19.1 Å². The average molecular weight is 268 g/mol. The van der Waals surface area contributed by atoms with E-state index in [1.54, 1.807) is 19.1 Å². The van der Waals surface area contributed by atoms with Gasteiger partial charge in [-0.25, -0.2) is 8.42 Å². The normalized spacial score (nSPS) is 17.2. The van der Waals surface area contributed by atoms with Gasteiger partial charge in [-0.05, 0) is 18.9 Å². The Labute approximate surface area is 107 Å². The Morgan fingerprint density at radius 2 is 2.06 bits per heavy atom. The van der Waals surface area contributed by atoms with Gasteiger partial charge in [0.2, 0.25) is 0 Å². The summed E-state index contributed by atoms with van der Waals surface area (Å²) in [6.45, 7) is 1.59. The molecule has 1 saturated carbocycles. The van der Waals surface area contributed by atoms with E-state index in [0.29, 0.717) is 11.3 Å². The van der Waals surface area contributed by atoms with E-state index >= 15 is 0 Å². The van der Waals surface area contributed by atoms with E-state index in [2.05, 4.69) is 0 Å². The van der Waals surface area contributed by atoms with Gasteiger partial charge in [0, 0.05) is 5.56 Å². The third kappa shape index (κ3) is 1.92. The number of rotatable bonds is 5. The van der Waals surface area contributed by atoms with Crippen molar-refractivity contribution in [1.29, 1.82) is 0 Å². The zero-order chi connectivity index (χ0) is 13.4. The van der Waals surface area contributed by atoms with Crippen molar-refractivity contribution in [3.63, 3.8) is 0 Å². The Bertz CT molecular complexity index is 571. The summed E-state index contributed by atoms with van der Waals surface area (Å²) in [7, 11) is -1.91. The van der Waals surface area contributed by atoms with E-state index in [4.69, 9.17) is 4.74 Å². The topological polar surface area (TPSA) is 60.4 Å². The molecule has 0 aliphatic heterocycles. The second kappa shape index (κ2) is 4.39. The minimum Gasteiger partial charge on any atom is -0.495 e. The number of carbonyl (C=O) groups excluding carboxylic acids is 1. The van der Waals surface area contributed by atoms with E-state index in [9.17, 15) is 13.2 Å². The Hall–Kier alpha value is -1.36. The Kier molecular flexibility index (Phi) is 3.19. The highest BCUT2D eigenvalue weighted by atomic mass is 32.2. The fourth-order valence-electron chi connectivity index (χ4n) is 2.10. The number of benzene rings is 1. The Balaban J connectivity index is 2.65. The summed E-state index contributed by atoms with van der Waals surface area (Å²) >= 11 is 0. The van der Waals surface area contributed by atoms with E-state index in [1.807, 2.05) is 0 Å². The molecule has 1 aromatic carbocycles. The highest BCUT2D eigenvalue weighted by Gasteiger charge is 2.47. The number of methoxy groups -OCH3 is 1. The first-order chi connectivity index (χ1) is 8.50. The van der Waals surface area contributed by atoms with E-state index in [0.717, 1.165) is 19.1 Å². The fraction of sp³-hybridized carbons (Fsp3) is 0.462. The second-order valence-electron chi connectivity index (χ2n) is 4.51. The Morgan fingerprint density at radius 1 is 1.39 bits per heavy atom. The average Bonchev–Trinajstić information content (AvgIpc) is 3.18. The Morgan fingerprint density at radius 3 is 2.50 bits per heavy atom. The zero-order valence-corrected chi connectivity index (χ0v) is 11.3. The molecule has 1 aliphatic rings. The SMILES string of the molecule is CCS(=O)(=O)c1cccc(C2(C=O)CC2)c1OC. The maximum atomic E-state index is 12.0. The second-order valence-corrected chi connectivity index (χ2v) is 6.76. The molecule has 1 fully saturated rings. The molecule has 0 unspecified atom stereocenters. The van der Waals surface area contributed by atoms with Crippen LogP contribution in [0.4, 0.5) is 0 Å². The maximum absolute atomic E-state index is 12.0. The van der Waals surface area contributed by atoms with Gasteiger partial charge in [0.1, 0.15) is 16.9 Å². The molecule has 0 aromatic heterocycles. The fourth-order valence-corrected chi connectivity index (χ4v) is 3.18. The van der Waals surface area contributed by atoms with E-state index < -0.39 is 15.3 Å². The molecular formula is C13H16O4S. The monoisotopic (exact) mass is 268 g/mol. The van der Waals surface area contributed by atoms with Crippen LogP contribution in [0.1, 0.15) is 25.3 Å². The standard InChI is InChI=1S/C13H16O4S/c1-3-18(15,16)11-6-4-5-10(12(11)17-2)13(9-14)7-8-13/h4-6,9H,3,7-8H2,1-2H3. The molecule has 4 nitrogen and oxygen atoms in total. The first-order valence-corrected chi connectivity index (χ1v) is 7.52. The van der Waals surface area contributed by atoms with Gasteiger partial charge in [-0.15, -0.1) is 0 Å². The first kappa shape index (κ1) is 13.1. The highest BCUT2D eigenvalue weighted by molar-refractivity contribution is 7.91. The molecule has 0 atom stereocenters. The van der Waals surface area contributed by atoms with Crippen molar-refractivity contribution >= 4 is 16.1 Å². The summed E-state index contributed by atoms with van der Waals surface area (Å²) < 4.78 is 29.3. The van der Waals surface area contributed by atoms with Crippen molar-refractivity contribution in [3.05, 3.63) is 23.8 Å². The van der Waals surface area contributed by atoms with Crippen molar-refractivity contribution in [3.8, 4) is 5.75 Å². The predicted molar refractivity (Wildman–Crippen MR) is 67.7 cm³/mol. The first-order valence-electron chi connectivity index (χ1n) is 5.87. The minimum atomic E-state index is -3.35. The molecule has 0 bridgehead atoms. The van der Waals surface area contributed by atoms with Crippen LogP contribution in [0.15, 0.2) is 23.1 Å². The van der Waals surface area contributed by atoms with Crippen LogP contribution >= 0.6 is 0 Å². The van der Waals surface area contributed by atoms with Crippen LogP contribution in [-0.4, -0.2) is 27.6 Å². The molecule has 0 spiro atoms. The lowest BCUT2D eigenvalue weighted by Gasteiger charge is -2.16. The molecule has 0 amide bonds. The molecule has 98 valence electrons. The molecule has 1 aromatic rings. The molecule has 0 N–H and O–H groups in total. The number of sulfone groups is 1. The molecule has 0 saturated heterocycles. The number of hydrogen-bond acceptors (Lipinski definition) is 4. The maximum Gasteiger partial charge on any atom is 0.181 e.